The summed E-state index contributed by atoms with van der Waals surface area (Å²) in [4.78, 5) is 34.1. The van der Waals surface area contributed by atoms with Crippen LogP contribution in [0.15, 0.2) is 88.5 Å². The van der Waals surface area contributed by atoms with Crippen molar-refractivity contribution in [3.05, 3.63) is 110 Å². The van der Waals surface area contributed by atoms with Gasteiger partial charge in [0.15, 0.2) is 11.2 Å². The summed E-state index contributed by atoms with van der Waals surface area (Å²) in [7, 11) is 0. The molecular formula is C26H21ClN4O2. The number of hydrogen-bond acceptors (Lipinski definition) is 3. The van der Waals surface area contributed by atoms with E-state index in [1.54, 1.807) is 36.4 Å². The van der Waals surface area contributed by atoms with E-state index < -0.39 is 5.69 Å². The minimum atomic E-state index is -0.421. The maximum Gasteiger partial charge on any atom is 0.332 e. The lowest BCUT2D eigenvalue weighted by Crippen LogP contribution is -2.22. The van der Waals surface area contributed by atoms with Gasteiger partial charge in [-0.15, -0.1) is 0 Å². The van der Waals surface area contributed by atoms with E-state index in [4.69, 9.17) is 16.6 Å². The molecule has 0 aliphatic heterocycles. The summed E-state index contributed by atoms with van der Waals surface area (Å²) in [5.74, 6) is 0.815. The molecule has 0 amide bonds. The van der Waals surface area contributed by atoms with Crippen LogP contribution in [0.1, 0.15) is 25.3 Å². The second-order valence-electron chi connectivity index (χ2n) is 8.13. The van der Waals surface area contributed by atoms with E-state index in [-0.39, 0.29) is 16.7 Å². The van der Waals surface area contributed by atoms with Gasteiger partial charge >= 0.3 is 5.69 Å². The second kappa shape index (κ2) is 8.22. The number of nitrogens with one attached hydrogen (secondary N) is 1. The average molecular weight is 457 g/mol. The number of hydrogen-bond donors (Lipinski definition) is 1. The normalized spacial score (nSPS) is 11.4. The Kier molecular flexibility index (Phi) is 5.23. The molecular weight excluding hydrogens is 436 g/mol. The van der Waals surface area contributed by atoms with E-state index in [9.17, 15) is 9.59 Å². The number of benzene rings is 3. The summed E-state index contributed by atoms with van der Waals surface area (Å²) in [6.07, 6.45) is 0. The van der Waals surface area contributed by atoms with Crippen LogP contribution in [0.5, 0.6) is 0 Å². The topological polar surface area (TPSA) is 72.7 Å². The first-order valence-electron chi connectivity index (χ1n) is 10.6. The zero-order valence-corrected chi connectivity index (χ0v) is 18.9. The first kappa shape index (κ1) is 21.0. The Hall–Kier alpha value is -3.90. The molecule has 5 aromatic rings. The van der Waals surface area contributed by atoms with Gasteiger partial charge < -0.3 is 0 Å². The Bertz CT molecular complexity index is 1560. The highest BCUT2D eigenvalue weighted by Gasteiger charge is 2.20. The number of nitrogens with zero attached hydrogens (tertiary/aromatic N) is 3. The fourth-order valence-corrected chi connectivity index (χ4v) is 4.02. The molecule has 1 N–H and O–H groups in total. The minimum Gasteiger partial charge on any atom is -0.299 e. The lowest BCUT2D eigenvalue weighted by Gasteiger charge is -2.14. The highest BCUT2D eigenvalue weighted by Crippen LogP contribution is 2.25. The van der Waals surface area contributed by atoms with Crippen molar-refractivity contribution < 1.29 is 0 Å². The van der Waals surface area contributed by atoms with Gasteiger partial charge in [-0.2, -0.15) is 0 Å². The van der Waals surface area contributed by atoms with Crippen LogP contribution in [-0.2, 0) is 0 Å². The third kappa shape index (κ3) is 3.68. The molecule has 0 bridgehead atoms. The molecule has 0 aliphatic rings. The fraction of sp³-hybridized carbons (Fsp3) is 0.115. The Morgan fingerprint density at radius 2 is 1.45 bits per heavy atom. The molecule has 3 aromatic carbocycles. The van der Waals surface area contributed by atoms with Gasteiger partial charge in [-0.1, -0.05) is 67.9 Å². The van der Waals surface area contributed by atoms with Crippen LogP contribution >= 0.6 is 11.6 Å². The summed E-state index contributed by atoms with van der Waals surface area (Å²) in [5.41, 5.74) is 2.82. The van der Waals surface area contributed by atoms with Gasteiger partial charge in [0.1, 0.15) is 5.82 Å². The van der Waals surface area contributed by atoms with Gasteiger partial charge in [-0.05, 0) is 47.9 Å². The molecule has 164 valence electrons. The summed E-state index contributed by atoms with van der Waals surface area (Å²) in [6.45, 7) is 4.25. The van der Waals surface area contributed by atoms with Crippen LogP contribution in [-0.4, -0.2) is 19.1 Å². The SMILES string of the molecule is CC(C)c1ccc(-c2nc3c([nH]c(=O)n3-c3ccccc3)c(=O)n2-c2ccc(Cl)cc2)cc1. The van der Waals surface area contributed by atoms with Gasteiger partial charge in [-0.3, -0.25) is 14.3 Å². The molecule has 0 unspecified atom stereocenters. The number of fused-ring (bicyclic) bond motifs is 1. The van der Waals surface area contributed by atoms with Crippen molar-refractivity contribution in [2.24, 2.45) is 0 Å². The summed E-state index contributed by atoms with van der Waals surface area (Å²) < 4.78 is 2.93. The Labute approximate surface area is 194 Å². The van der Waals surface area contributed by atoms with E-state index in [0.717, 1.165) is 5.56 Å². The van der Waals surface area contributed by atoms with Crippen molar-refractivity contribution in [3.8, 4) is 22.8 Å². The van der Waals surface area contributed by atoms with Gasteiger partial charge in [0.25, 0.3) is 5.56 Å². The Morgan fingerprint density at radius 3 is 2.09 bits per heavy atom. The number of imidazole rings is 1. The predicted molar refractivity (Wildman–Crippen MR) is 132 cm³/mol. The number of halogens is 1. The van der Waals surface area contributed by atoms with E-state index in [2.05, 4.69) is 18.8 Å². The third-order valence-corrected chi connectivity index (χ3v) is 5.90. The highest BCUT2D eigenvalue weighted by molar-refractivity contribution is 6.30. The standard InChI is InChI=1S/C26H21ClN4O2/c1-16(2)17-8-10-18(11-9-17)23-29-24-22(25(32)30(23)21-14-12-19(27)13-15-21)28-26(33)31(24)20-6-4-3-5-7-20/h3-16H,1-2H3,(H,28,33). The van der Waals surface area contributed by atoms with Crippen molar-refractivity contribution in [1.29, 1.82) is 0 Å². The minimum absolute atomic E-state index is 0.140. The highest BCUT2D eigenvalue weighted by atomic mass is 35.5. The van der Waals surface area contributed by atoms with Crippen molar-refractivity contribution in [2.45, 2.75) is 19.8 Å². The molecule has 0 radical (unpaired) electrons. The first-order chi connectivity index (χ1) is 15.9. The van der Waals surface area contributed by atoms with Crippen LogP contribution < -0.4 is 11.2 Å². The lowest BCUT2D eigenvalue weighted by atomic mass is 10.0. The van der Waals surface area contributed by atoms with Crippen molar-refractivity contribution >= 4 is 22.8 Å². The smallest absolute Gasteiger partial charge is 0.299 e. The largest absolute Gasteiger partial charge is 0.332 e. The quantitative estimate of drug-likeness (QED) is 0.398. The summed E-state index contributed by atoms with van der Waals surface area (Å²) in [6, 6.07) is 24.1. The maximum atomic E-state index is 13.7. The second-order valence-corrected chi connectivity index (χ2v) is 8.57. The molecule has 6 nitrogen and oxygen atoms in total. The number of aromatic amines is 1. The van der Waals surface area contributed by atoms with Gasteiger partial charge in [0.05, 0.1) is 11.4 Å². The fourth-order valence-electron chi connectivity index (χ4n) is 3.90. The lowest BCUT2D eigenvalue weighted by molar-refractivity contribution is 0.866. The number of aromatic nitrogens is 4. The van der Waals surface area contributed by atoms with E-state index >= 15 is 0 Å². The van der Waals surface area contributed by atoms with Crippen LogP contribution in [0, 0.1) is 0 Å². The molecule has 0 aliphatic carbocycles. The van der Waals surface area contributed by atoms with E-state index in [0.29, 0.717) is 28.1 Å². The molecule has 0 fully saturated rings. The molecule has 0 saturated carbocycles. The van der Waals surface area contributed by atoms with Gasteiger partial charge in [-0.25, -0.2) is 14.3 Å². The summed E-state index contributed by atoms with van der Waals surface area (Å²) in [5, 5.41) is 0.562. The molecule has 2 aromatic heterocycles. The van der Waals surface area contributed by atoms with Crippen LogP contribution in [0.25, 0.3) is 33.9 Å². The predicted octanol–water partition coefficient (Wildman–Crippen LogP) is 5.31. The molecule has 0 saturated heterocycles. The number of rotatable bonds is 4. The third-order valence-electron chi connectivity index (χ3n) is 5.65. The van der Waals surface area contributed by atoms with Crippen molar-refractivity contribution in [1.82, 2.24) is 19.1 Å². The van der Waals surface area contributed by atoms with Crippen molar-refractivity contribution in [2.75, 3.05) is 0 Å². The average Bonchev–Trinajstić information content (AvgIpc) is 3.16. The zero-order valence-electron chi connectivity index (χ0n) is 18.1. The van der Waals surface area contributed by atoms with Gasteiger partial charge in [0, 0.05) is 10.6 Å². The maximum absolute atomic E-state index is 13.7. The monoisotopic (exact) mass is 456 g/mol. The van der Waals surface area contributed by atoms with Crippen LogP contribution in [0.2, 0.25) is 5.02 Å². The molecule has 0 atom stereocenters. The zero-order chi connectivity index (χ0) is 23.1. The Morgan fingerprint density at radius 1 is 0.818 bits per heavy atom. The molecule has 7 heteroatoms. The molecule has 33 heavy (non-hydrogen) atoms. The van der Waals surface area contributed by atoms with Crippen LogP contribution in [0.4, 0.5) is 0 Å². The van der Waals surface area contributed by atoms with E-state index in [1.165, 1.54) is 14.7 Å². The van der Waals surface area contributed by atoms with Crippen molar-refractivity contribution in [3.63, 3.8) is 0 Å². The summed E-state index contributed by atoms with van der Waals surface area (Å²) >= 11 is 6.08. The van der Waals surface area contributed by atoms with E-state index in [1.807, 2.05) is 42.5 Å². The molecule has 0 spiro atoms. The number of para-hydroxylation sites is 1. The number of H-pyrrole nitrogens is 1. The first-order valence-corrected chi connectivity index (χ1v) is 11.0. The Balaban J connectivity index is 1.85. The molecule has 5 rings (SSSR count). The van der Waals surface area contributed by atoms with Crippen LogP contribution in [0.3, 0.4) is 0 Å². The van der Waals surface area contributed by atoms with Gasteiger partial charge in [0.2, 0.25) is 0 Å². The molecule has 2 heterocycles.